The van der Waals surface area contributed by atoms with Crippen molar-refractivity contribution < 1.29 is 4.79 Å². The first-order valence-electron chi connectivity index (χ1n) is 4.92. The first-order chi connectivity index (χ1) is 6.98. The molecular formula is C12H16ClNO. The second kappa shape index (κ2) is 4.77. The predicted octanol–water partition coefficient (Wildman–Crippen LogP) is 2.45. The highest BCUT2D eigenvalue weighted by molar-refractivity contribution is 6.30. The fourth-order valence-corrected chi connectivity index (χ4v) is 1.53. The molecule has 0 aliphatic carbocycles. The molecule has 3 heteroatoms. The van der Waals surface area contributed by atoms with E-state index in [4.69, 9.17) is 11.6 Å². The van der Waals surface area contributed by atoms with Gasteiger partial charge in [0.2, 0.25) is 0 Å². The molecule has 15 heavy (non-hydrogen) atoms. The fraction of sp³-hybridized carbons (Fsp3) is 0.417. The molecule has 1 rings (SSSR count). The number of nitrogens with one attached hydrogen (secondary N) is 1. The van der Waals surface area contributed by atoms with Gasteiger partial charge in [-0.05, 0) is 45.0 Å². The van der Waals surface area contributed by atoms with Crippen LogP contribution in [0, 0.1) is 0 Å². The topological polar surface area (TPSA) is 29.1 Å². The Labute approximate surface area is 95.6 Å². The lowest BCUT2D eigenvalue weighted by atomic mass is 9.89. The van der Waals surface area contributed by atoms with Crippen LogP contribution in [-0.2, 0) is 11.2 Å². The second-order valence-corrected chi connectivity index (χ2v) is 4.38. The molecule has 0 unspecified atom stereocenters. The van der Waals surface area contributed by atoms with E-state index in [1.165, 1.54) is 0 Å². The van der Waals surface area contributed by atoms with Crippen molar-refractivity contribution in [3.63, 3.8) is 0 Å². The number of carbonyl (C=O) groups excluding carboxylic acids is 1. The average Bonchev–Trinajstić information content (AvgIpc) is 2.21. The van der Waals surface area contributed by atoms with Gasteiger partial charge in [0.05, 0.1) is 5.54 Å². The van der Waals surface area contributed by atoms with Gasteiger partial charge in [0.1, 0.15) is 5.78 Å². The summed E-state index contributed by atoms with van der Waals surface area (Å²) >= 11 is 5.80. The molecular weight excluding hydrogens is 210 g/mol. The van der Waals surface area contributed by atoms with Gasteiger partial charge in [-0.15, -0.1) is 0 Å². The number of Topliss-reactive ketones (excluding diaryl/α,β-unsaturated/α-hetero) is 1. The van der Waals surface area contributed by atoms with Gasteiger partial charge in [-0.1, -0.05) is 23.7 Å². The lowest BCUT2D eigenvalue weighted by Crippen LogP contribution is -2.48. The molecule has 0 bridgehead atoms. The van der Waals surface area contributed by atoms with Gasteiger partial charge < -0.3 is 5.32 Å². The molecule has 82 valence electrons. The Balaban J connectivity index is 2.84. The summed E-state index contributed by atoms with van der Waals surface area (Å²) in [6.07, 6.45) is 0.677. The third-order valence-electron chi connectivity index (χ3n) is 2.80. The van der Waals surface area contributed by atoms with Crippen molar-refractivity contribution in [2.75, 3.05) is 7.05 Å². The molecule has 0 aromatic heterocycles. The van der Waals surface area contributed by atoms with Gasteiger partial charge in [-0.2, -0.15) is 0 Å². The van der Waals surface area contributed by atoms with Crippen LogP contribution in [0.1, 0.15) is 19.4 Å². The fourth-order valence-electron chi connectivity index (χ4n) is 1.40. The lowest BCUT2D eigenvalue weighted by Gasteiger charge is -2.26. The summed E-state index contributed by atoms with van der Waals surface area (Å²) in [6, 6.07) is 7.57. The number of hydrogen-bond acceptors (Lipinski definition) is 2. The normalized spacial score (nSPS) is 14.7. The molecule has 0 spiro atoms. The quantitative estimate of drug-likeness (QED) is 0.853. The van der Waals surface area contributed by atoms with Crippen LogP contribution in [0.3, 0.4) is 0 Å². The van der Waals surface area contributed by atoms with Gasteiger partial charge >= 0.3 is 0 Å². The number of halogens is 1. The van der Waals surface area contributed by atoms with Crippen LogP contribution in [0.15, 0.2) is 24.3 Å². The molecule has 0 aliphatic rings. The molecule has 1 aromatic rings. The second-order valence-electron chi connectivity index (χ2n) is 3.94. The Hall–Kier alpha value is -0.860. The number of carbonyl (C=O) groups is 1. The minimum absolute atomic E-state index is 0.139. The molecule has 0 amide bonds. The van der Waals surface area contributed by atoms with Crippen molar-refractivity contribution in [3.05, 3.63) is 34.9 Å². The Morgan fingerprint density at radius 2 is 1.93 bits per heavy atom. The number of benzene rings is 1. The summed E-state index contributed by atoms with van der Waals surface area (Å²) in [7, 11) is 1.80. The molecule has 1 atom stereocenters. The Morgan fingerprint density at radius 3 is 2.33 bits per heavy atom. The van der Waals surface area contributed by atoms with E-state index in [0.717, 1.165) is 5.56 Å². The van der Waals surface area contributed by atoms with E-state index in [2.05, 4.69) is 5.32 Å². The molecule has 1 N–H and O–H groups in total. The number of likely N-dealkylation sites (N-methyl/N-ethyl adjacent to an activating group) is 1. The van der Waals surface area contributed by atoms with E-state index >= 15 is 0 Å². The zero-order valence-corrected chi connectivity index (χ0v) is 10.1. The summed E-state index contributed by atoms with van der Waals surface area (Å²) in [5, 5.41) is 3.77. The summed E-state index contributed by atoms with van der Waals surface area (Å²) in [5.41, 5.74) is 0.611. The van der Waals surface area contributed by atoms with E-state index in [9.17, 15) is 4.79 Å². The SMILES string of the molecule is CN[C@@](C)(Cc1ccc(Cl)cc1)C(C)=O. The van der Waals surface area contributed by atoms with Crippen molar-refractivity contribution in [2.24, 2.45) is 0 Å². The Kier molecular flexibility index (Phi) is 3.89. The summed E-state index contributed by atoms with van der Waals surface area (Å²) in [5.74, 6) is 0.139. The summed E-state index contributed by atoms with van der Waals surface area (Å²) in [4.78, 5) is 11.5. The van der Waals surface area contributed by atoms with Crippen molar-refractivity contribution in [1.29, 1.82) is 0 Å². The lowest BCUT2D eigenvalue weighted by molar-refractivity contribution is -0.122. The third-order valence-corrected chi connectivity index (χ3v) is 3.05. The highest BCUT2D eigenvalue weighted by atomic mass is 35.5. The minimum Gasteiger partial charge on any atom is -0.308 e. The van der Waals surface area contributed by atoms with Crippen LogP contribution in [-0.4, -0.2) is 18.4 Å². The molecule has 0 saturated carbocycles. The predicted molar refractivity (Wildman–Crippen MR) is 63.3 cm³/mol. The maximum Gasteiger partial charge on any atom is 0.149 e. The van der Waals surface area contributed by atoms with Crippen LogP contribution in [0.2, 0.25) is 5.02 Å². The number of hydrogen-bond donors (Lipinski definition) is 1. The monoisotopic (exact) mass is 225 g/mol. The zero-order chi connectivity index (χ0) is 11.5. The standard InChI is InChI=1S/C12H16ClNO/c1-9(15)12(2,14-3)8-10-4-6-11(13)7-5-10/h4-7,14H,8H2,1-3H3/t12-/m0/s1. The molecule has 0 heterocycles. The minimum atomic E-state index is -0.492. The maximum absolute atomic E-state index is 11.5. The Morgan fingerprint density at radius 1 is 1.40 bits per heavy atom. The van der Waals surface area contributed by atoms with E-state index in [-0.39, 0.29) is 5.78 Å². The van der Waals surface area contributed by atoms with Crippen molar-refractivity contribution in [3.8, 4) is 0 Å². The van der Waals surface area contributed by atoms with Crippen molar-refractivity contribution in [1.82, 2.24) is 5.32 Å². The molecule has 0 radical (unpaired) electrons. The smallest absolute Gasteiger partial charge is 0.149 e. The Bertz CT molecular complexity index is 347. The highest BCUT2D eigenvalue weighted by Gasteiger charge is 2.27. The van der Waals surface area contributed by atoms with Gasteiger partial charge in [0.25, 0.3) is 0 Å². The zero-order valence-electron chi connectivity index (χ0n) is 9.30. The van der Waals surface area contributed by atoms with Crippen LogP contribution in [0.4, 0.5) is 0 Å². The molecule has 2 nitrogen and oxygen atoms in total. The third kappa shape index (κ3) is 3.05. The van der Waals surface area contributed by atoms with Crippen LogP contribution >= 0.6 is 11.6 Å². The van der Waals surface area contributed by atoms with E-state index in [1.54, 1.807) is 14.0 Å². The highest BCUT2D eigenvalue weighted by Crippen LogP contribution is 2.16. The van der Waals surface area contributed by atoms with Crippen LogP contribution in [0.5, 0.6) is 0 Å². The van der Waals surface area contributed by atoms with Gasteiger partial charge in [0.15, 0.2) is 0 Å². The average molecular weight is 226 g/mol. The van der Waals surface area contributed by atoms with Crippen molar-refractivity contribution >= 4 is 17.4 Å². The largest absolute Gasteiger partial charge is 0.308 e. The summed E-state index contributed by atoms with van der Waals surface area (Å²) < 4.78 is 0. The van der Waals surface area contributed by atoms with Gasteiger partial charge in [-0.3, -0.25) is 4.79 Å². The number of ketones is 1. The van der Waals surface area contributed by atoms with Gasteiger partial charge in [-0.25, -0.2) is 0 Å². The van der Waals surface area contributed by atoms with E-state index < -0.39 is 5.54 Å². The first-order valence-corrected chi connectivity index (χ1v) is 5.30. The maximum atomic E-state index is 11.5. The van der Waals surface area contributed by atoms with Crippen molar-refractivity contribution in [2.45, 2.75) is 25.8 Å². The van der Waals surface area contributed by atoms with Gasteiger partial charge in [0, 0.05) is 5.02 Å². The molecule has 0 saturated heterocycles. The molecule has 0 aliphatic heterocycles. The van der Waals surface area contributed by atoms with Crippen LogP contribution in [0.25, 0.3) is 0 Å². The first kappa shape index (κ1) is 12.2. The molecule has 0 fully saturated rings. The van der Waals surface area contributed by atoms with E-state index in [1.807, 2.05) is 31.2 Å². The molecule has 1 aromatic carbocycles. The number of rotatable bonds is 4. The van der Waals surface area contributed by atoms with E-state index in [0.29, 0.717) is 11.4 Å². The summed E-state index contributed by atoms with van der Waals surface area (Å²) in [6.45, 7) is 3.51. The van der Waals surface area contributed by atoms with Crippen LogP contribution < -0.4 is 5.32 Å².